The lowest BCUT2D eigenvalue weighted by atomic mass is 10.2. The van der Waals surface area contributed by atoms with Crippen LogP contribution >= 0.6 is 0 Å². The zero-order valence-electron chi connectivity index (χ0n) is 11.7. The number of amides is 2. The molecule has 1 unspecified atom stereocenters. The monoisotopic (exact) mass is 288 g/mol. The van der Waals surface area contributed by atoms with E-state index in [0.717, 1.165) is 0 Å². The van der Waals surface area contributed by atoms with Gasteiger partial charge in [-0.1, -0.05) is 5.92 Å². The minimum Gasteiger partial charge on any atom is -0.441 e. The number of benzene rings is 1. The fourth-order valence-corrected chi connectivity index (χ4v) is 2.00. The highest BCUT2D eigenvalue weighted by atomic mass is 16.6. The van der Waals surface area contributed by atoms with Gasteiger partial charge in [-0.05, 0) is 24.3 Å². The van der Waals surface area contributed by atoms with Crippen LogP contribution in [0.5, 0.6) is 0 Å². The first-order valence-corrected chi connectivity index (χ1v) is 6.47. The SMILES string of the molecule is C#CCOCC1CN(c2ccc(NC(C)=O)cc2)C(=O)O1. The van der Waals surface area contributed by atoms with Gasteiger partial charge in [-0.25, -0.2) is 4.79 Å². The number of cyclic esters (lactones) is 1. The molecule has 1 saturated heterocycles. The Bertz CT molecular complexity index is 562. The van der Waals surface area contributed by atoms with Crippen LogP contribution in [-0.2, 0) is 14.3 Å². The highest BCUT2D eigenvalue weighted by molar-refractivity contribution is 5.91. The molecule has 1 N–H and O–H groups in total. The number of hydrogen-bond acceptors (Lipinski definition) is 4. The standard InChI is InChI=1S/C15H16N2O4/c1-3-8-20-10-14-9-17(15(19)21-14)13-6-4-12(5-7-13)16-11(2)18/h1,4-7,14H,8-10H2,2H3,(H,16,18). The molecule has 1 aromatic carbocycles. The summed E-state index contributed by atoms with van der Waals surface area (Å²) in [7, 11) is 0. The molecule has 2 amide bonds. The summed E-state index contributed by atoms with van der Waals surface area (Å²) >= 11 is 0. The van der Waals surface area contributed by atoms with Crippen molar-refractivity contribution in [3.63, 3.8) is 0 Å². The van der Waals surface area contributed by atoms with Crippen molar-refractivity contribution in [2.45, 2.75) is 13.0 Å². The van der Waals surface area contributed by atoms with Crippen LogP contribution in [0.3, 0.4) is 0 Å². The van der Waals surface area contributed by atoms with Crippen molar-refractivity contribution in [2.24, 2.45) is 0 Å². The first-order valence-electron chi connectivity index (χ1n) is 6.47. The Morgan fingerprint density at radius 2 is 2.24 bits per heavy atom. The van der Waals surface area contributed by atoms with E-state index in [1.165, 1.54) is 11.8 Å². The Balaban J connectivity index is 1.97. The molecule has 2 rings (SSSR count). The molecule has 0 radical (unpaired) electrons. The molecule has 1 aromatic rings. The Morgan fingerprint density at radius 3 is 2.86 bits per heavy atom. The topological polar surface area (TPSA) is 67.9 Å². The molecule has 1 aliphatic heterocycles. The number of carbonyl (C=O) groups is 2. The van der Waals surface area contributed by atoms with E-state index < -0.39 is 6.09 Å². The highest BCUT2D eigenvalue weighted by Gasteiger charge is 2.32. The van der Waals surface area contributed by atoms with E-state index in [1.54, 1.807) is 24.3 Å². The molecular weight excluding hydrogens is 272 g/mol. The van der Waals surface area contributed by atoms with Crippen LogP contribution in [0.15, 0.2) is 24.3 Å². The van der Waals surface area contributed by atoms with Gasteiger partial charge in [0.05, 0.1) is 13.2 Å². The van der Waals surface area contributed by atoms with E-state index in [-0.39, 0.29) is 25.2 Å². The summed E-state index contributed by atoms with van der Waals surface area (Å²) in [4.78, 5) is 24.3. The van der Waals surface area contributed by atoms with Crippen LogP contribution < -0.4 is 10.2 Å². The third kappa shape index (κ3) is 3.97. The first kappa shape index (κ1) is 14.9. The van der Waals surface area contributed by atoms with Crippen LogP contribution in [0.2, 0.25) is 0 Å². The van der Waals surface area contributed by atoms with Crippen molar-refractivity contribution >= 4 is 23.4 Å². The van der Waals surface area contributed by atoms with E-state index in [9.17, 15) is 9.59 Å². The van der Waals surface area contributed by atoms with Crippen molar-refractivity contribution in [2.75, 3.05) is 30.0 Å². The van der Waals surface area contributed by atoms with Gasteiger partial charge < -0.3 is 14.8 Å². The Kier molecular flexibility index (Phi) is 4.80. The van der Waals surface area contributed by atoms with Crippen LogP contribution in [0.4, 0.5) is 16.2 Å². The van der Waals surface area contributed by atoms with E-state index in [4.69, 9.17) is 15.9 Å². The number of anilines is 2. The minimum atomic E-state index is -0.420. The van der Waals surface area contributed by atoms with Crippen LogP contribution in [0, 0.1) is 12.3 Å². The maximum atomic E-state index is 11.8. The van der Waals surface area contributed by atoms with Gasteiger partial charge >= 0.3 is 6.09 Å². The summed E-state index contributed by atoms with van der Waals surface area (Å²) in [5, 5.41) is 2.66. The summed E-state index contributed by atoms with van der Waals surface area (Å²) in [5.41, 5.74) is 1.38. The summed E-state index contributed by atoms with van der Waals surface area (Å²) in [6, 6.07) is 6.95. The largest absolute Gasteiger partial charge is 0.441 e. The number of ether oxygens (including phenoxy) is 2. The number of nitrogens with zero attached hydrogens (tertiary/aromatic N) is 1. The molecular formula is C15H16N2O4. The average molecular weight is 288 g/mol. The van der Waals surface area contributed by atoms with E-state index in [0.29, 0.717) is 17.9 Å². The number of hydrogen-bond donors (Lipinski definition) is 1. The molecule has 21 heavy (non-hydrogen) atoms. The predicted molar refractivity (Wildman–Crippen MR) is 78.0 cm³/mol. The molecule has 0 spiro atoms. The zero-order chi connectivity index (χ0) is 15.2. The smallest absolute Gasteiger partial charge is 0.414 e. The van der Waals surface area contributed by atoms with Gasteiger partial charge in [-0.2, -0.15) is 0 Å². The number of carbonyl (C=O) groups excluding carboxylic acids is 2. The van der Waals surface area contributed by atoms with E-state index in [1.807, 2.05) is 0 Å². The van der Waals surface area contributed by atoms with Crippen molar-refractivity contribution in [1.29, 1.82) is 0 Å². The molecule has 0 bridgehead atoms. The van der Waals surface area contributed by atoms with Crippen molar-refractivity contribution in [3.05, 3.63) is 24.3 Å². The molecule has 1 heterocycles. The van der Waals surface area contributed by atoms with Gasteiger partial charge in [0.25, 0.3) is 0 Å². The summed E-state index contributed by atoms with van der Waals surface area (Å²) in [6.45, 7) is 2.31. The number of terminal acetylenes is 1. The second kappa shape index (κ2) is 6.77. The third-order valence-corrected chi connectivity index (χ3v) is 2.86. The molecule has 0 aromatic heterocycles. The summed E-state index contributed by atoms with van der Waals surface area (Å²) < 4.78 is 10.4. The molecule has 0 aliphatic carbocycles. The minimum absolute atomic E-state index is 0.144. The van der Waals surface area contributed by atoms with Gasteiger partial charge in [-0.3, -0.25) is 9.69 Å². The lowest BCUT2D eigenvalue weighted by Crippen LogP contribution is -2.25. The van der Waals surface area contributed by atoms with Gasteiger partial charge in [0, 0.05) is 18.3 Å². The van der Waals surface area contributed by atoms with Gasteiger partial charge in [-0.15, -0.1) is 6.42 Å². The molecule has 1 fully saturated rings. The Hall–Kier alpha value is -2.52. The molecule has 6 heteroatoms. The zero-order valence-corrected chi connectivity index (χ0v) is 11.7. The molecule has 1 aliphatic rings. The predicted octanol–water partition coefficient (Wildman–Crippen LogP) is 1.62. The summed E-state index contributed by atoms with van der Waals surface area (Å²) in [5.74, 6) is 2.21. The second-order valence-electron chi connectivity index (χ2n) is 4.56. The maximum absolute atomic E-state index is 11.8. The number of rotatable bonds is 5. The normalized spacial score (nSPS) is 17.2. The van der Waals surface area contributed by atoms with Crippen molar-refractivity contribution < 1.29 is 19.1 Å². The van der Waals surface area contributed by atoms with Gasteiger partial charge in [0.1, 0.15) is 12.7 Å². The Labute approximate surface area is 123 Å². The first-order chi connectivity index (χ1) is 10.1. The number of nitrogens with one attached hydrogen (secondary N) is 1. The highest BCUT2D eigenvalue weighted by Crippen LogP contribution is 2.23. The molecule has 1 atom stereocenters. The molecule has 6 nitrogen and oxygen atoms in total. The van der Waals surface area contributed by atoms with Crippen molar-refractivity contribution in [3.8, 4) is 12.3 Å². The second-order valence-corrected chi connectivity index (χ2v) is 4.56. The summed E-state index contributed by atoms with van der Waals surface area (Å²) in [6.07, 6.45) is 4.33. The lowest BCUT2D eigenvalue weighted by molar-refractivity contribution is -0.114. The lowest BCUT2D eigenvalue weighted by Gasteiger charge is -2.13. The van der Waals surface area contributed by atoms with Gasteiger partial charge in [0.2, 0.25) is 5.91 Å². The van der Waals surface area contributed by atoms with Gasteiger partial charge in [0.15, 0.2) is 0 Å². The average Bonchev–Trinajstić information content (AvgIpc) is 2.80. The van der Waals surface area contributed by atoms with Crippen molar-refractivity contribution in [1.82, 2.24) is 0 Å². The maximum Gasteiger partial charge on any atom is 0.414 e. The fraction of sp³-hybridized carbons (Fsp3) is 0.333. The van der Waals surface area contributed by atoms with Crippen LogP contribution in [-0.4, -0.2) is 37.9 Å². The van der Waals surface area contributed by atoms with E-state index >= 15 is 0 Å². The third-order valence-electron chi connectivity index (χ3n) is 2.86. The van der Waals surface area contributed by atoms with Crippen LogP contribution in [0.1, 0.15) is 6.92 Å². The molecule has 110 valence electrons. The van der Waals surface area contributed by atoms with E-state index in [2.05, 4.69) is 11.2 Å². The Morgan fingerprint density at radius 1 is 1.52 bits per heavy atom. The quantitative estimate of drug-likeness (QED) is 0.660. The van der Waals surface area contributed by atoms with Crippen LogP contribution in [0.25, 0.3) is 0 Å². The molecule has 0 saturated carbocycles. The fourth-order valence-electron chi connectivity index (χ4n) is 2.00.